The maximum absolute atomic E-state index is 12.5. The highest BCUT2D eigenvalue weighted by Crippen LogP contribution is 2.36. The van der Waals surface area contributed by atoms with Gasteiger partial charge in [0.25, 0.3) is 5.91 Å². The molecule has 5 nitrogen and oxygen atoms in total. The van der Waals surface area contributed by atoms with Crippen LogP contribution in [0.5, 0.6) is 5.75 Å². The third-order valence-corrected chi connectivity index (χ3v) is 5.28. The van der Waals surface area contributed by atoms with Crippen LogP contribution < -0.4 is 10.1 Å². The number of carboxylic acid groups (broad SMARTS) is 1. The van der Waals surface area contributed by atoms with Gasteiger partial charge in [-0.15, -0.1) is 0 Å². The van der Waals surface area contributed by atoms with E-state index in [2.05, 4.69) is 12.2 Å². The van der Waals surface area contributed by atoms with Gasteiger partial charge in [-0.05, 0) is 43.6 Å². The molecule has 0 spiro atoms. The van der Waals surface area contributed by atoms with Crippen LogP contribution >= 0.6 is 0 Å². The number of carboxylic acids is 1. The zero-order chi connectivity index (χ0) is 17.1. The average Bonchev–Trinajstić information content (AvgIpc) is 2.95. The van der Waals surface area contributed by atoms with Crippen LogP contribution in [0.2, 0.25) is 0 Å². The molecule has 1 fully saturated rings. The highest BCUT2D eigenvalue weighted by Gasteiger charge is 2.27. The molecule has 1 atom stereocenters. The summed E-state index contributed by atoms with van der Waals surface area (Å²) in [5.74, 6) is 1.01. The van der Waals surface area contributed by atoms with Crippen molar-refractivity contribution in [2.24, 2.45) is 11.8 Å². The second-order valence-electron chi connectivity index (χ2n) is 7.13. The fraction of sp³-hybridized carbons (Fsp3) is 0.579. The summed E-state index contributed by atoms with van der Waals surface area (Å²) < 4.78 is 5.69. The van der Waals surface area contributed by atoms with Crippen molar-refractivity contribution >= 4 is 11.9 Å². The van der Waals surface area contributed by atoms with Gasteiger partial charge in [0.1, 0.15) is 5.75 Å². The van der Waals surface area contributed by atoms with E-state index < -0.39 is 5.97 Å². The van der Waals surface area contributed by atoms with E-state index in [1.165, 1.54) is 0 Å². The van der Waals surface area contributed by atoms with Crippen molar-refractivity contribution in [1.29, 1.82) is 0 Å². The van der Waals surface area contributed by atoms with E-state index in [1.807, 2.05) is 18.2 Å². The Balaban J connectivity index is 1.52. The fourth-order valence-electron chi connectivity index (χ4n) is 3.80. The summed E-state index contributed by atoms with van der Waals surface area (Å²) in [4.78, 5) is 23.3. The molecule has 0 radical (unpaired) electrons. The predicted molar refractivity (Wildman–Crippen MR) is 90.4 cm³/mol. The first-order valence-corrected chi connectivity index (χ1v) is 8.80. The fourth-order valence-corrected chi connectivity index (χ4v) is 3.80. The van der Waals surface area contributed by atoms with Gasteiger partial charge >= 0.3 is 5.97 Å². The predicted octanol–water partition coefficient (Wildman–Crippen LogP) is 3.19. The summed E-state index contributed by atoms with van der Waals surface area (Å²) in [5, 5.41) is 11.9. The monoisotopic (exact) mass is 331 g/mol. The number of hydrogen-bond acceptors (Lipinski definition) is 3. The van der Waals surface area contributed by atoms with E-state index in [0.29, 0.717) is 36.5 Å². The molecule has 24 heavy (non-hydrogen) atoms. The Morgan fingerprint density at radius 2 is 1.92 bits per heavy atom. The molecule has 1 aromatic carbocycles. The molecule has 1 unspecified atom stereocenters. The SMILES string of the molecule is CC1COc2c(C(=O)NCC3CCC(CC(=O)O)CC3)cccc21. The number of benzene rings is 1. The number of aliphatic carboxylic acids is 1. The van der Waals surface area contributed by atoms with Gasteiger partial charge in [0.2, 0.25) is 0 Å². The van der Waals surface area contributed by atoms with Crippen LogP contribution in [0.1, 0.15) is 60.9 Å². The van der Waals surface area contributed by atoms with Crippen LogP contribution in [-0.2, 0) is 4.79 Å². The highest BCUT2D eigenvalue weighted by molar-refractivity contribution is 5.97. The molecule has 1 saturated carbocycles. The van der Waals surface area contributed by atoms with E-state index in [1.54, 1.807) is 0 Å². The Morgan fingerprint density at radius 1 is 1.21 bits per heavy atom. The van der Waals surface area contributed by atoms with Crippen LogP contribution in [0, 0.1) is 11.8 Å². The molecular weight excluding hydrogens is 306 g/mol. The number of amides is 1. The van der Waals surface area contributed by atoms with Gasteiger partial charge in [-0.1, -0.05) is 19.1 Å². The first kappa shape index (κ1) is 16.8. The van der Waals surface area contributed by atoms with Gasteiger partial charge in [0.05, 0.1) is 12.2 Å². The lowest BCUT2D eigenvalue weighted by Gasteiger charge is -2.27. The van der Waals surface area contributed by atoms with Crippen LogP contribution in [0.4, 0.5) is 0 Å². The maximum atomic E-state index is 12.5. The first-order chi connectivity index (χ1) is 11.5. The first-order valence-electron chi connectivity index (χ1n) is 8.80. The Hall–Kier alpha value is -2.04. The number of carbonyl (C=O) groups is 2. The smallest absolute Gasteiger partial charge is 0.303 e. The van der Waals surface area contributed by atoms with Gasteiger partial charge in [0, 0.05) is 24.4 Å². The molecule has 1 aromatic rings. The largest absolute Gasteiger partial charge is 0.492 e. The molecule has 5 heteroatoms. The highest BCUT2D eigenvalue weighted by atomic mass is 16.5. The van der Waals surface area contributed by atoms with Gasteiger partial charge in [0.15, 0.2) is 0 Å². The van der Waals surface area contributed by atoms with E-state index >= 15 is 0 Å². The number of fused-ring (bicyclic) bond motifs is 1. The number of rotatable bonds is 5. The molecule has 1 heterocycles. The zero-order valence-electron chi connectivity index (χ0n) is 14.1. The van der Waals surface area contributed by atoms with Crippen molar-refractivity contribution < 1.29 is 19.4 Å². The molecular formula is C19H25NO4. The molecule has 1 aliphatic heterocycles. The minimum absolute atomic E-state index is 0.0754. The molecule has 1 amide bonds. The third kappa shape index (κ3) is 3.71. The quantitative estimate of drug-likeness (QED) is 0.869. The normalized spacial score (nSPS) is 25.6. The number of carbonyl (C=O) groups excluding carboxylic acids is 1. The molecule has 1 aliphatic carbocycles. The molecule has 0 saturated heterocycles. The van der Waals surface area contributed by atoms with Gasteiger partial charge in [-0.2, -0.15) is 0 Å². The molecule has 3 rings (SSSR count). The van der Waals surface area contributed by atoms with Crippen molar-refractivity contribution in [3.8, 4) is 5.75 Å². The molecule has 2 aliphatic rings. The van der Waals surface area contributed by atoms with Crippen LogP contribution in [0.25, 0.3) is 0 Å². The Labute approximate surface area is 142 Å². The van der Waals surface area contributed by atoms with Crippen LogP contribution in [-0.4, -0.2) is 30.1 Å². The van der Waals surface area contributed by atoms with Crippen molar-refractivity contribution in [2.45, 2.75) is 44.9 Å². The van der Waals surface area contributed by atoms with Crippen molar-refractivity contribution in [3.05, 3.63) is 29.3 Å². The van der Waals surface area contributed by atoms with E-state index in [-0.39, 0.29) is 12.3 Å². The van der Waals surface area contributed by atoms with Crippen molar-refractivity contribution in [2.75, 3.05) is 13.2 Å². The van der Waals surface area contributed by atoms with Crippen molar-refractivity contribution in [3.63, 3.8) is 0 Å². The minimum Gasteiger partial charge on any atom is -0.492 e. The average molecular weight is 331 g/mol. The summed E-state index contributed by atoms with van der Waals surface area (Å²) in [6.45, 7) is 3.38. The Bertz CT molecular complexity index is 620. The topological polar surface area (TPSA) is 75.6 Å². The van der Waals surface area contributed by atoms with Gasteiger partial charge in [-0.3, -0.25) is 9.59 Å². The van der Waals surface area contributed by atoms with Crippen LogP contribution in [0.15, 0.2) is 18.2 Å². The number of para-hydroxylation sites is 1. The summed E-state index contributed by atoms with van der Waals surface area (Å²) in [5.41, 5.74) is 1.73. The number of ether oxygens (including phenoxy) is 1. The van der Waals surface area contributed by atoms with Crippen molar-refractivity contribution in [1.82, 2.24) is 5.32 Å². The lowest BCUT2D eigenvalue weighted by atomic mass is 9.80. The second-order valence-corrected chi connectivity index (χ2v) is 7.13. The lowest BCUT2D eigenvalue weighted by molar-refractivity contribution is -0.138. The molecule has 0 aromatic heterocycles. The number of hydrogen-bond donors (Lipinski definition) is 2. The van der Waals surface area contributed by atoms with E-state index in [0.717, 1.165) is 37.0 Å². The molecule has 0 bridgehead atoms. The van der Waals surface area contributed by atoms with Gasteiger partial charge < -0.3 is 15.2 Å². The van der Waals surface area contributed by atoms with Gasteiger partial charge in [-0.25, -0.2) is 0 Å². The maximum Gasteiger partial charge on any atom is 0.303 e. The Morgan fingerprint density at radius 3 is 2.62 bits per heavy atom. The van der Waals surface area contributed by atoms with E-state index in [9.17, 15) is 9.59 Å². The van der Waals surface area contributed by atoms with Crippen LogP contribution in [0.3, 0.4) is 0 Å². The third-order valence-electron chi connectivity index (χ3n) is 5.28. The Kier molecular flexibility index (Phi) is 5.07. The molecule has 130 valence electrons. The zero-order valence-corrected chi connectivity index (χ0v) is 14.1. The summed E-state index contributed by atoms with van der Waals surface area (Å²) in [6.07, 6.45) is 4.12. The summed E-state index contributed by atoms with van der Waals surface area (Å²) in [7, 11) is 0. The number of nitrogens with one attached hydrogen (secondary N) is 1. The van der Waals surface area contributed by atoms with E-state index in [4.69, 9.17) is 9.84 Å². The second kappa shape index (κ2) is 7.24. The summed E-state index contributed by atoms with van der Waals surface area (Å²) in [6, 6.07) is 5.75. The lowest BCUT2D eigenvalue weighted by Crippen LogP contribution is -2.31. The minimum atomic E-state index is -0.709. The summed E-state index contributed by atoms with van der Waals surface area (Å²) >= 11 is 0. The molecule has 2 N–H and O–H groups in total. The standard InChI is InChI=1S/C19H25NO4/c1-12-11-24-18-15(12)3-2-4-16(18)19(23)20-10-14-7-5-13(6-8-14)9-17(21)22/h2-4,12-14H,5-11H2,1H3,(H,20,23)(H,21,22).